The van der Waals surface area contributed by atoms with Crippen molar-refractivity contribution >= 4 is 17.6 Å². The lowest BCUT2D eigenvalue weighted by molar-refractivity contribution is 0.0693. The van der Waals surface area contributed by atoms with Crippen LogP contribution in [-0.2, 0) is 13.0 Å². The van der Waals surface area contributed by atoms with Gasteiger partial charge in [0.2, 0.25) is 0 Å². The molecule has 0 aliphatic heterocycles. The third-order valence-corrected chi connectivity index (χ3v) is 3.46. The van der Waals surface area contributed by atoms with E-state index in [4.69, 9.17) is 21.4 Å². The maximum atomic E-state index is 13.1. The third kappa shape index (κ3) is 3.73. The molecule has 3 nitrogen and oxygen atoms in total. The third-order valence-electron chi connectivity index (χ3n) is 3.09. The minimum Gasteiger partial charge on any atom is -0.489 e. The molecule has 0 saturated heterocycles. The van der Waals surface area contributed by atoms with Crippen LogP contribution >= 0.6 is 11.6 Å². The average Bonchev–Trinajstić information content (AvgIpc) is 2.47. The molecular formula is C16H14ClFO3. The van der Waals surface area contributed by atoms with Gasteiger partial charge in [-0.3, -0.25) is 0 Å². The van der Waals surface area contributed by atoms with Gasteiger partial charge in [-0.25, -0.2) is 9.18 Å². The van der Waals surface area contributed by atoms with Crippen LogP contribution in [0.2, 0.25) is 5.02 Å². The predicted molar refractivity (Wildman–Crippen MR) is 78.5 cm³/mol. The number of benzene rings is 2. The SMILES string of the molecule is CCc1cc(OCc2ccc(F)cc2C(=O)O)ccc1Cl. The standard InChI is InChI=1S/C16H14ClFO3/c1-2-10-7-13(5-6-15(10)17)21-9-11-3-4-12(18)8-14(11)16(19)20/h3-8H,2,9H2,1H3,(H,19,20). The van der Waals surface area contributed by atoms with Gasteiger partial charge in [0.05, 0.1) is 5.56 Å². The second-order valence-corrected chi connectivity index (χ2v) is 4.91. The molecule has 0 aromatic heterocycles. The van der Waals surface area contributed by atoms with Gasteiger partial charge in [0.25, 0.3) is 0 Å². The minimum absolute atomic E-state index is 0.0483. The Balaban J connectivity index is 2.18. The molecule has 0 aliphatic rings. The monoisotopic (exact) mass is 308 g/mol. The Hall–Kier alpha value is -2.07. The molecule has 0 atom stereocenters. The lowest BCUT2D eigenvalue weighted by Gasteiger charge is -2.10. The summed E-state index contributed by atoms with van der Waals surface area (Å²) in [4.78, 5) is 11.1. The van der Waals surface area contributed by atoms with Crippen molar-refractivity contribution in [2.24, 2.45) is 0 Å². The number of ether oxygens (including phenoxy) is 1. The first kappa shape index (κ1) is 15.3. The van der Waals surface area contributed by atoms with Crippen molar-refractivity contribution in [1.82, 2.24) is 0 Å². The number of aromatic carboxylic acids is 1. The molecule has 0 radical (unpaired) electrons. The molecule has 0 aliphatic carbocycles. The van der Waals surface area contributed by atoms with Crippen LogP contribution in [0.3, 0.4) is 0 Å². The van der Waals surface area contributed by atoms with Gasteiger partial charge in [0.1, 0.15) is 18.2 Å². The topological polar surface area (TPSA) is 46.5 Å². The van der Waals surface area contributed by atoms with Gasteiger partial charge in [-0.2, -0.15) is 0 Å². The second kappa shape index (κ2) is 6.59. The first-order chi connectivity index (χ1) is 10.0. The van der Waals surface area contributed by atoms with Crippen LogP contribution in [-0.4, -0.2) is 11.1 Å². The summed E-state index contributed by atoms with van der Waals surface area (Å²) in [5, 5.41) is 9.73. The van der Waals surface area contributed by atoms with Gasteiger partial charge in [-0.05, 0) is 42.3 Å². The predicted octanol–water partition coefficient (Wildman–Crippen LogP) is 4.32. The summed E-state index contributed by atoms with van der Waals surface area (Å²) in [6.45, 7) is 2.03. The normalized spacial score (nSPS) is 10.4. The Bertz CT molecular complexity index is 671. The zero-order valence-electron chi connectivity index (χ0n) is 11.4. The van der Waals surface area contributed by atoms with Gasteiger partial charge >= 0.3 is 5.97 Å². The molecular weight excluding hydrogens is 295 g/mol. The van der Waals surface area contributed by atoms with E-state index in [1.54, 1.807) is 12.1 Å². The number of carbonyl (C=O) groups is 1. The van der Waals surface area contributed by atoms with Crippen LogP contribution in [0.1, 0.15) is 28.4 Å². The fraction of sp³-hybridized carbons (Fsp3) is 0.188. The highest BCUT2D eigenvalue weighted by atomic mass is 35.5. The van der Waals surface area contributed by atoms with Gasteiger partial charge in [0, 0.05) is 10.6 Å². The first-order valence-corrected chi connectivity index (χ1v) is 6.82. The highest BCUT2D eigenvalue weighted by Gasteiger charge is 2.12. The largest absolute Gasteiger partial charge is 0.489 e. The Labute approximate surface area is 126 Å². The molecule has 2 rings (SSSR count). The molecule has 0 unspecified atom stereocenters. The van der Waals surface area contributed by atoms with Gasteiger partial charge < -0.3 is 9.84 Å². The van der Waals surface area contributed by atoms with Gasteiger partial charge in [-0.1, -0.05) is 24.6 Å². The fourth-order valence-electron chi connectivity index (χ4n) is 1.95. The van der Waals surface area contributed by atoms with Crippen LogP contribution in [0, 0.1) is 5.82 Å². The summed E-state index contributed by atoms with van der Waals surface area (Å²) >= 11 is 6.02. The van der Waals surface area contributed by atoms with E-state index in [0.717, 1.165) is 18.1 Å². The van der Waals surface area contributed by atoms with E-state index in [9.17, 15) is 9.18 Å². The van der Waals surface area contributed by atoms with E-state index in [1.165, 1.54) is 12.1 Å². The Morgan fingerprint density at radius 2 is 2.00 bits per heavy atom. The fourth-order valence-corrected chi connectivity index (χ4v) is 2.20. The van der Waals surface area contributed by atoms with E-state index in [0.29, 0.717) is 16.3 Å². The molecule has 0 saturated carbocycles. The Morgan fingerprint density at radius 1 is 1.24 bits per heavy atom. The molecule has 0 bridgehead atoms. The number of rotatable bonds is 5. The highest BCUT2D eigenvalue weighted by Crippen LogP contribution is 2.23. The molecule has 110 valence electrons. The summed E-state index contributed by atoms with van der Waals surface area (Å²) < 4.78 is 18.7. The first-order valence-electron chi connectivity index (χ1n) is 6.44. The summed E-state index contributed by atoms with van der Waals surface area (Å²) in [7, 11) is 0. The van der Waals surface area contributed by atoms with Crippen LogP contribution < -0.4 is 4.74 Å². The zero-order chi connectivity index (χ0) is 15.4. The number of halogens is 2. The molecule has 5 heteroatoms. The van der Waals surface area contributed by atoms with Crippen molar-refractivity contribution in [2.75, 3.05) is 0 Å². The number of carboxylic acids is 1. The van der Waals surface area contributed by atoms with E-state index < -0.39 is 11.8 Å². The lowest BCUT2D eigenvalue weighted by atomic mass is 10.1. The number of hydrogen-bond donors (Lipinski definition) is 1. The van der Waals surface area contributed by atoms with E-state index in [-0.39, 0.29) is 12.2 Å². The van der Waals surface area contributed by atoms with E-state index >= 15 is 0 Å². The lowest BCUT2D eigenvalue weighted by Crippen LogP contribution is -2.06. The quantitative estimate of drug-likeness (QED) is 0.895. The van der Waals surface area contributed by atoms with Crippen LogP contribution in [0.15, 0.2) is 36.4 Å². The van der Waals surface area contributed by atoms with Crippen molar-refractivity contribution in [3.63, 3.8) is 0 Å². The number of aryl methyl sites for hydroxylation is 1. The molecule has 0 spiro atoms. The van der Waals surface area contributed by atoms with Crippen molar-refractivity contribution < 1.29 is 19.0 Å². The van der Waals surface area contributed by atoms with E-state index in [1.807, 2.05) is 13.0 Å². The van der Waals surface area contributed by atoms with Crippen molar-refractivity contribution in [1.29, 1.82) is 0 Å². The summed E-state index contributed by atoms with van der Waals surface area (Å²) in [5.74, 6) is -1.17. The zero-order valence-corrected chi connectivity index (χ0v) is 12.2. The highest BCUT2D eigenvalue weighted by molar-refractivity contribution is 6.31. The average molecular weight is 309 g/mol. The second-order valence-electron chi connectivity index (χ2n) is 4.50. The maximum Gasteiger partial charge on any atom is 0.336 e. The molecule has 1 N–H and O–H groups in total. The van der Waals surface area contributed by atoms with Crippen LogP contribution in [0.4, 0.5) is 4.39 Å². The molecule has 2 aromatic rings. The number of hydrogen-bond acceptors (Lipinski definition) is 2. The van der Waals surface area contributed by atoms with Crippen molar-refractivity contribution in [3.05, 3.63) is 63.9 Å². The molecule has 0 heterocycles. The van der Waals surface area contributed by atoms with E-state index in [2.05, 4.69) is 0 Å². The summed E-state index contributed by atoms with van der Waals surface area (Å²) in [6, 6.07) is 8.87. The molecule has 2 aromatic carbocycles. The molecule has 0 fully saturated rings. The Kier molecular flexibility index (Phi) is 4.81. The van der Waals surface area contributed by atoms with Crippen LogP contribution in [0.25, 0.3) is 0 Å². The van der Waals surface area contributed by atoms with Gasteiger partial charge in [0.15, 0.2) is 0 Å². The number of carboxylic acid groups (broad SMARTS) is 1. The van der Waals surface area contributed by atoms with Crippen molar-refractivity contribution in [3.8, 4) is 5.75 Å². The summed E-state index contributed by atoms with van der Waals surface area (Å²) in [6.07, 6.45) is 0.771. The smallest absolute Gasteiger partial charge is 0.336 e. The maximum absolute atomic E-state index is 13.1. The molecule has 0 amide bonds. The van der Waals surface area contributed by atoms with Gasteiger partial charge in [-0.15, -0.1) is 0 Å². The Morgan fingerprint density at radius 3 is 2.67 bits per heavy atom. The minimum atomic E-state index is -1.18. The summed E-state index contributed by atoms with van der Waals surface area (Å²) in [5.41, 5.74) is 1.27. The van der Waals surface area contributed by atoms with Crippen LogP contribution in [0.5, 0.6) is 5.75 Å². The van der Waals surface area contributed by atoms with Crippen molar-refractivity contribution in [2.45, 2.75) is 20.0 Å². The molecule has 21 heavy (non-hydrogen) atoms.